The number of esters is 1. The number of amides is 2. The average molecular weight is 490 g/mol. The zero-order valence-corrected chi connectivity index (χ0v) is 24.3. The highest BCUT2D eigenvalue weighted by Gasteiger charge is 2.43. The summed E-state index contributed by atoms with van der Waals surface area (Å²) in [5, 5.41) is -0.0373. The number of imide groups is 1. The van der Waals surface area contributed by atoms with E-state index < -0.39 is 49.3 Å². The van der Waals surface area contributed by atoms with E-state index >= 15 is 0 Å². The van der Waals surface area contributed by atoms with Crippen LogP contribution in [-0.2, 0) is 23.4 Å². The zero-order valence-electron chi connectivity index (χ0n) is 23.3. The number of carbonyl (C=O) groups is 3. The molecule has 0 aromatic rings. The predicted molar refractivity (Wildman–Crippen MR) is 132 cm³/mol. The molecule has 0 rings (SSSR count). The monoisotopic (exact) mass is 489 g/mol. The molecule has 1 atom stereocenters. The standard InChI is InChI=1S/C24H47NO7Si/c1-21(2,3)30-18(26)17(15-16-29-33(13,14)24(10,11)12)25(19(27)31-22(4,5)6)20(28)32-23(7,8)9/h17H,15-16H2,1-14H3/t17-/m0/s1. The smallest absolute Gasteiger partial charge is 0.420 e. The molecule has 0 saturated heterocycles. The van der Waals surface area contributed by atoms with Crippen molar-refractivity contribution < 1.29 is 33.0 Å². The lowest BCUT2D eigenvalue weighted by atomic mass is 10.1. The number of hydrogen-bond acceptors (Lipinski definition) is 7. The number of rotatable bonds is 6. The molecule has 0 radical (unpaired) electrons. The Hall–Kier alpha value is -1.61. The van der Waals surface area contributed by atoms with Gasteiger partial charge in [0.1, 0.15) is 22.8 Å². The van der Waals surface area contributed by atoms with Crippen LogP contribution in [0.5, 0.6) is 0 Å². The van der Waals surface area contributed by atoms with Crippen LogP contribution in [0.2, 0.25) is 18.1 Å². The van der Waals surface area contributed by atoms with Gasteiger partial charge in [-0.15, -0.1) is 0 Å². The van der Waals surface area contributed by atoms with Crippen molar-refractivity contribution in [3.8, 4) is 0 Å². The van der Waals surface area contributed by atoms with Crippen LogP contribution in [0.1, 0.15) is 89.5 Å². The summed E-state index contributed by atoms with van der Waals surface area (Å²) in [5.41, 5.74) is -2.58. The summed E-state index contributed by atoms with van der Waals surface area (Å²) in [6.45, 7) is 25.9. The first-order valence-electron chi connectivity index (χ1n) is 11.5. The Morgan fingerprint density at radius 2 is 1.06 bits per heavy atom. The molecule has 33 heavy (non-hydrogen) atoms. The third-order valence-corrected chi connectivity index (χ3v) is 9.37. The van der Waals surface area contributed by atoms with Gasteiger partial charge < -0.3 is 18.6 Å². The molecule has 0 spiro atoms. The van der Waals surface area contributed by atoms with E-state index in [1.165, 1.54) is 0 Å². The fourth-order valence-electron chi connectivity index (χ4n) is 2.32. The second kappa shape index (κ2) is 10.8. The maximum absolute atomic E-state index is 13.2. The van der Waals surface area contributed by atoms with E-state index in [2.05, 4.69) is 33.9 Å². The maximum atomic E-state index is 13.2. The third-order valence-electron chi connectivity index (χ3n) is 4.83. The fourth-order valence-corrected chi connectivity index (χ4v) is 3.38. The SMILES string of the molecule is CC(C)(C)OC(=O)[C@H](CCO[Si](C)(C)C(C)(C)C)N(C(=O)OC(C)(C)C)C(=O)OC(C)(C)C. The van der Waals surface area contributed by atoms with Gasteiger partial charge in [-0.3, -0.25) is 0 Å². The number of carbonyl (C=O) groups excluding carboxylic acids is 3. The average Bonchev–Trinajstić information content (AvgIpc) is 2.47. The lowest BCUT2D eigenvalue weighted by molar-refractivity contribution is -0.161. The van der Waals surface area contributed by atoms with Crippen LogP contribution >= 0.6 is 0 Å². The molecule has 194 valence electrons. The van der Waals surface area contributed by atoms with Crippen LogP contribution in [0.4, 0.5) is 9.59 Å². The lowest BCUT2D eigenvalue weighted by Crippen LogP contribution is -2.54. The molecule has 0 N–H and O–H groups in total. The van der Waals surface area contributed by atoms with Crippen molar-refractivity contribution in [2.75, 3.05) is 6.61 Å². The van der Waals surface area contributed by atoms with Crippen molar-refractivity contribution in [3.63, 3.8) is 0 Å². The summed E-state index contributed by atoms with van der Waals surface area (Å²) < 4.78 is 22.7. The predicted octanol–water partition coefficient (Wildman–Crippen LogP) is 6.28. The Labute approximate surface area is 201 Å². The third kappa shape index (κ3) is 11.9. The molecule has 0 aromatic carbocycles. The molecule has 0 aliphatic carbocycles. The van der Waals surface area contributed by atoms with Crippen molar-refractivity contribution in [1.82, 2.24) is 4.90 Å². The normalized spacial score (nSPS) is 14.4. The Morgan fingerprint density at radius 3 is 1.36 bits per heavy atom. The summed E-state index contributed by atoms with van der Waals surface area (Å²) in [5.74, 6) is -0.724. The van der Waals surface area contributed by atoms with Crippen LogP contribution in [0, 0.1) is 0 Å². The van der Waals surface area contributed by atoms with Crippen LogP contribution < -0.4 is 0 Å². The quantitative estimate of drug-likeness (QED) is 0.246. The van der Waals surface area contributed by atoms with Crippen LogP contribution in [0.15, 0.2) is 0 Å². The van der Waals surface area contributed by atoms with Crippen molar-refractivity contribution in [3.05, 3.63) is 0 Å². The molecule has 0 aliphatic heterocycles. The highest BCUT2D eigenvalue weighted by atomic mass is 28.4. The minimum atomic E-state index is -2.12. The maximum Gasteiger partial charge on any atom is 0.420 e. The molecule has 0 bridgehead atoms. The minimum absolute atomic E-state index is 0.0373. The van der Waals surface area contributed by atoms with Crippen LogP contribution in [-0.4, -0.2) is 60.8 Å². The van der Waals surface area contributed by atoms with E-state index in [4.69, 9.17) is 18.6 Å². The Balaban J connectivity index is 6.15. The first-order chi connectivity index (χ1) is 14.4. The zero-order chi connectivity index (χ0) is 26.6. The van der Waals surface area contributed by atoms with Gasteiger partial charge in [0, 0.05) is 13.0 Å². The Morgan fingerprint density at radius 1 is 0.697 bits per heavy atom. The lowest BCUT2D eigenvalue weighted by Gasteiger charge is -2.37. The molecule has 0 aliphatic rings. The molecule has 2 amide bonds. The van der Waals surface area contributed by atoms with Crippen molar-refractivity contribution in [2.24, 2.45) is 0 Å². The molecule has 9 heteroatoms. The van der Waals surface area contributed by atoms with E-state index in [9.17, 15) is 14.4 Å². The molecule has 8 nitrogen and oxygen atoms in total. The van der Waals surface area contributed by atoms with E-state index in [-0.39, 0.29) is 18.1 Å². The highest BCUT2D eigenvalue weighted by Crippen LogP contribution is 2.36. The molecule has 0 unspecified atom stereocenters. The molecule has 0 fully saturated rings. The highest BCUT2D eigenvalue weighted by molar-refractivity contribution is 6.74. The van der Waals surface area contributed by atoms with Gasteiger partial charge in [-0.2, -0.15) is 4.90 Å². The largest absolute Gasteiger partial charge is 0.458 e. The fraction of sp³-hybridized carbons (Fsp3) is 0.875. The summed E-state index contributed by atoms with van der Waals surface area (Å²) in [6.07, 6.45) is -1.89. The Kier molecular flexibility index (Phi) is 10.2. The van der Waals surface area contributed by atoms with Gasteiger partial charge >= 0.3 is 18.2 Å². The molecular weight excluding hydrogens is 442 g/mol. The van der Waals surface area contributed by atoms with E-state index in [0.29, 0.717) is 0 Å². The van der Waals surface area contributed by atoms with E-state index in [1.54, 1.807) is 62.3 Å². The van der Waals surface area contributed by atoms with Gasteiger partial charge in [-0.25, -0.2) is 14.4 Å². The second-order valence-corrected chi connectivity index (χ2v) is 17.6. The summed E-state index contributed by atoms with van der Waals surface area (Å²) in [6, 6.07) is -1.27. The van der Waals surface area contributed by atoms with Gasteiger partial charge in [0.25, 0.3) is 0 Å². The van der Waals surface area contributed by atoms with Gasteiger partial charge in [-0.1, -0.05) is 20.8 Å². The van der Waals surface area contributed by atoms with Gasteiger partial charge in [0.05, 0.1) is 0 Å². The summed E-state index contributed by atoms with van der Waals surface area (Å²) >= 11 is 0. The molecule has 0 aromatic heterocycles. The van der Waals surface area contributed by atoms with E-state index in [0.717, 1.165) is 4.90 Å². The molecular formula is C24H47NO7Si. The molecule has 0 heterocycles. The number of ether oxygens (including phenoxy) is 3. The van der Waals surface area contributed by atoms with Crippen molar-refractivity contribution >= 4 is 26.5 Å². The van der Waals surface area contributed by atoms with Gasteiger partial charge in [0.15, 0.2) is 8.32 Å². The van der Waals surface area contributed by atoms with Crippen LogP contribution in [0.25, 0.3) is 0 Å². The Bertz CT molecular complexity index is 664. The first kappa shape index (κ1) is 31.4. The second-order valence-electron chi connectivity index (χ2n) is 12.8. The molecule has 0 saturated carbocycles. The van der Waals surface area contributed by atoms with E-state index in [1.807, 2.05) is 0 Å². The first-order valence-corrected chi connectivity index (χ1v) is 14.4. The summed E-state index contributed by atoms with van der Waals surface area (Å²) in [7, 11) is -2.12. The number of nitrogens with zero attached hydrogens (tertiary/aromatic N) is 1. The topological polar surface area (TPSA) is 91.4 Å². The van der Waals surface area contributed by atoms with Crippen molar-refractivity contribution in [1.29, 1.82) is 0 Å². The summed E-state index contributed by atoms with van der Waals surface area (Å²) in [4.78, 5) is 40.1. The number of hydrogen-bond donors (Lipinski definition) is 0. The van der Waals surface area contributed by atoms with Crippen molar-refractivity contribution in [2.45, 2.75) is 130 Å². The van der Waals surface area contributed by atoms with Gasteiger partial charge in [0.2, 0.25) is 0 Å². The van der Waals surface area contributed by atoms with Gasteiger partial charge in [-0.05, 0) is 80.4 Å². The van der Waals surface area contributed by atoms with Crippen LogP contribution in [0.3, 0.4) is 0 Å². The minimum Gasteiger partial charge on any atom is -0.458 e.